The fourth-order valence-corrected chi connectivity index (χ4v) is 1.33. The van der Waals surface area contributed by atoms with Gasteiger partial charge in [-0.05, 0) is 13.0 Å². The first-order chi connectivity index (χ1) is 6.09. The molecule has 0 radical (unpaired) electrons. The van der Waals surface area contributed by atoms with Crippen molar-refractivity contribution in [3.8, 4) is 0 Å². The van der Waals surface area contributed by atoms with Crippen molar-refractivity contribution < 1.29 is 13.2 Å². The van der Waals surface area contributed by atoms with E-state index in [0.717, 1.165) is 0 Å². The number of H-pyrrole nitrogens is 1. The van der Waals surface area contributed by atoms with Crippen LogP contribution >= 0.6 is 0 Å². The van der Waals surface area contributed by atoms with Gasteiger partial charge >= 0.3 is 0 Å². The normalized spacial score (nSPS) is 11.1. The summed E-state index contributed by atoms with van der Waals surface area (Å²) in [6.45, 7) is 1.65. The van der Waals surface area contributed by atoms with Gasteiger partial charge in [0.25, 0.3) is 0 Å². The first kappa shape index (κ1) is 8.16. The Balaban J connectivity index is 2.95. The van der Waals surface area contributed by atoms with Gasteiger partial charge in [0.1, 0.15) is 5.82 Å². The lowest BCUT2D eigenvalue weighted by molar-refractivity contribution is 0.505. The molecule has 0 saturated heterocycles. The first-order valence-electron chi connectivity index (χ1n) is 3.72. The number of benzene rings is 1. The van der Waals surface area contributed by atoms with E-state index in [1.54, 1.807) is 6.92 Å². The van der Waals surface area contributed by atoms with E-state index >= 15 is 0 Å². The van der Waals surface area contributed by atoms with Gasteiger partial charge in [-0.3, -0.25) is 0 Å². The standard InChI is InChI=1S/C9H6F3N/c1-4-2-5-8(12)6(10)3-7(11)9(5)13-4/h2-3,13H,1H3. The molecule has 1 heterocycles. The van der Waals surface area contributed by atoms with E-state index in [-0.39, 0.29) is 10.9 Å². The Labute approximate surface area is 72.2 Å². The molecule has 0 aliphatic carbocycles. The Bertz CT molecular complexity index is 473. The second-order valence-electron chi connectivity index (χ2n) is 2.90. The molecule has 0 bridgehead atoms. The van der Waals surface area contributed by atoms with Crippen molar-refractivity contribution in [2.75, 3.05) is 0 Å². The van der Waals surface area contributed by atoms with Crippen LogP contribution in [0.5, 0.6) is 0 Å². The number of halogens is 3. The number of aromatic nitrogens is 1. The molecule has 0 atom stereocenters. The molecule has 1 aromatic heterocycles. The fourth-order valence-electron chi connectivity index (χ4n) is 1.33. The van der Waals surface area contributed by atoms with Gasteiger partial charge in [-0.15, -0.1) is 0 Å². The Kier molecular flexibility index (Phi) is 1.58. The van der Waals surface area contributed by atoms with Crippen LogP contribution in [0.3, 0.4) is 0 Å². The first-order valence-corrected chi connectivity index (χ1v) is 3.72. The zero-order valence-electron chi connectivity index (χ0n) is 6.79. The van der Waals surface area contributed by atoms with Crippen LogP contribution in [0.15, 0.2) is 12.1 Å². The third kappa shape index (κ3) is 1.09. The van der Waals surface area contributed by atoms with Crippen LogP contribution < -0.4 is 0 Å². The summed E-state index contributed by atoms with van der Waals surface area (Å²) in [5.41, 5.74) is 0.606. The summed E-state index contributed by atoms with van der Waals surface area (Å²) >= 11 is 0. The summed E-state index contributed by atoms with van der Waals surface area (Å²) in [6, 6.07) is 1.91. The van der Waals surface area contributed by atoms with E-state index in [2.05, 4.69) is 4.98 Å². The lowest BCUT2D eigenvalue weighted by Crippen LogP contribution is -1.88. The number of nitrogens with one attached hydrogen (secondary N) is 1. The highest BCUT2D eigenvalue weighted by atomic mass is 19.2. The lowest BCUT2D eigenvalue weighted by atomic mass is 10.2. The van der Waals surface area contributed by atoms with Gasteiger partial charge in [0.05, 0.1) is 5.52 Å². The molecule has 13 heavy (non-hydrogen) atoms. The predicted octanol–water partition coefficient (Wildman–Crippen LogP) is 2.89. The highest BCUT2D eigenvalue weighted by Crippen LogP contribution is 2.23. The average Bonchev–Trinajstić information content (AvgIpc) is 2.44. The summed E-state index contributed by atoms with van der Waals surface area (Å²) < 4.78 is 38.7. The summed E-state index contributed by atoms with van der Waals surface area (Å²) in [5, 5.41) is -0.0463. The summed E-state index contributed by atoms with van der Waals surface area (Å²) in [6.07, 6.45) is 0. The minimum Gasteiger partial charge on any atom is -0.356 e. The van der Waals surface area contributed by atoms with Gasteiger partial charge in [-0.1, -0.05) is 0 Å². The topological polar surface area (TPSA) is 15.8 Å². The molecule has 0 aliphatic rings. The van der Waals surface area contributed by atoms with Crippen LogP contribution in [0.4, 0.5) is 13.2 Å². The molecular weight excluding hydrogens is 179 g/mol. The number of hydrogen-bond acceptors (Lipinski definition) is 0. The molecule has 2 aromatic rings. The van der Waals surface area contributed by atoms with Crippen molar-refractivity contribution in [1.82, 2.24) is 4.98 Å². The van der Waals surface area contributed by atoms with E-state index < -0.39 is 17.5 Å². The van der Waals surface area contributed by atoms with E-state index in [1.165, 1.54) is 6.07 Å². The predicted molar refractivity (Wildman–Crippen MR) is 42.9 cm³/mol. The molecule has 0 aliphatic heterocycles. The molecule has 1 N–H and O–H groups in total. The maximum Gasteiger partial charge on any atom is 0.168 e. The van der Waals surface area contributed by atoms with Gasteiger partial charge in [-0.2, -0.15) is 0 Å². The van der Waals surface area contributed by atoms with Crippen LogP contribution in [0.1, 0.15) is 5.69 Å². The molecule has 0 fully saturated rings. The summed E-state index contributed by atoms with van der Waals surface area (Å²) in [5.74, 6) is -2.95. The minimum atomic E-state index is -1.16. The third-order valence-corrected chi connectivity index (χ3v) is 1.89. The fraction of sp³-hybridized carbons (Fsp3) is 0.111. The van der Waals surface area contributed by atoms with Crippen LogP contribution in [-0.4, -0.2) is 4.98 Å². The SMILES string of the molecule is Cc1cc2c(F)c(F)cc(F)c2[nH]1. The van der Waals surface area contributed by atoms with Gasteiger partial charge in [0.15, 0.2) is 11.6 Å². The summed E-state index contributed by atoms with van der Waals surface area (Å²) in [4.78, 5) is 2.61. The van der Waals surface area contributed by atoms with Gasteiger partial charge in [-0.25, -0.2) is 13.2 Å². The molecule has 0 spiro atoms. The van der Waals surface area contributed by atoms with Crippen LogP contribution in [-0.2, 0) is 0 Å². The maximum absolute atomic E-state index is 13.0. The number of aromatic amines is 1. The Morgan fingerprint density at radius 1 is 1.08 bits per heavy atom. The zero-order chi connectivity index (χ0) is 9.59. The van der Waals surface area contributed by atoms with Crippen molar-refractivity contribution in [2.24, 2.45) is 0 Å². The highest BCUT2D eigenvalue weighted by Gasteiger charge is 2.13. The molecule has 0 saturated carbocycles. The molecule has 2 rings (SSSR count). The molecule has 1 nitrogen and oxygen atoms in total. The van der Waals surface area contributed by atoms with Gasteiger partial charge in [0.2, 0.25) is 0 Å². The number of rotatable bonds is 0. The van der Waals surface area contributed by atoms with Crippen molar-refractivity contribution in [1.29, 1.82) is 0 Å². The lowest BCUT2D eigenvalue weighted by Gasteiger charge is -1.95. The quantitative estimate of drug-likeness (QED) is 0.607. The van der Waals surface area contributed by atoms with Crippen LogP contribution in [0.25, 0.3) is 10.9 Å². The van der Waals surface area contributed by atoms with Gasteiger partial charge < -0.3 is 4.98 Å². The highest BCUT2D eigenvalue weighted by molar-refractivity contribution is 5.81. The van der Waals surface area contributed by atoms with Crippen molar-refractivity contribution in [3.05, 3.63) is 35.3 Å². The van der Waals surface area contributed by atoms with Crippen molar-refractivity contribution in [3.63, 3.8) is 0 Å². The molecule has 0 unspecified atom stereocenters. The van der Waals surface area contributed by atoms with E-state index in [1.807, 2.05) is 0 Å². The largest absolute Gasteiger partial charge is 0.356 e. The monoisotopic (exact) mass is 185 g/mol. The maximum atomic E-state index is 13.0. The van der Waals surface area contributed by atoms with Crippen molar-refractivity contribution in [2.45, 2.75) is 6.92 Å². The smallest absolute Gasteiger partial charge is 0.168 e. The van der Waals surface area contributed by atoms with Gasteiger partial charge in [0, 0.05) is 17.1 Å². The number of fused-ring (bicyclic) bond motifs is 1. The van der Waals surface area contributed by atoms with Crippen molar-refractivity contribution >= 4 is 10.9 Å². The second-order valence-corrected chi connectivity index (χ2v) is 2.90. The summed E-state index contributed by atoms with van der Waals surface area (Å²) in [7, 11) is 0. The van der Waals surface area contributed by atoms with E-state index in [9.17, 15) is 13.2 Å². The zero-order valence-corrected chi connectivity index (χ0v) is 6.79. The Hall–Kier alpha value is -1.45. The molecule has 0 amide bonds. The number of hydrogen-bond donors (Lipinski definition) is 1. The Morgan fingerprint density at radius 2 is 1.77 bits per heavy atom. The van der Waals surface area contributed by atoms with Crippen LogP contribution in [0.2, 0.25) is 0 Å². The molecule has 1 aromatic carbocycles. The second kappa shape index (κ2) is 2.52. The molecular formula is C9H6F3N. The van der Waals surface area contributed by atoms with E-state index in [0.29, 0.717) is 11.8 Å². The molecule has 4 heteroatoms. The number of aryl methyl sites for hydroxylation is 1. The third-order valence-electron chi connectivity index (χ3n) is 1.89. The van der Waals surface area contributed by atoms with E-state index in [4.69, 9.17) is 0 Å². The minimum absolute atomic E-state index is 0.0106. The Morgan fingerprint density at radius 3 is 2.46 bits per heavy atom. The molecule has 68 valence electrons. The average molecular weight is 185 g/mol. The van der Waals surface area contributed by atoms with Crippen LogP contribution in [0, 0.1) is 24.4 Å².